The average Bonchev–Trinajstić information content (AvgIpc) is 1.88. The largest absolute Gasteiger partial charge is 0.329 e. The van der Waals surface area contributed by atoms with Crippen molar-refractivity contribution in [2.75, 3.05) is 26.2 Å². The molecule has 11 heavy (non-hydrogen) atoms. The van der Waals surface area contributed by atoms with Gasteiger partial charge >= 0.3 is 8.25 Å². The highest BCUT2D eigenvalue weighted by Crippen LogP contribution is 1.98. The predicted molar refractivity (Wildman–Crippen MR) is 44.4 cm³/mol. The third kappa shape index (κ3) is 39.8. The summed E-state index contributed by atoms with van der Waals surface area (Å²) in [5.41, 5.74) is 10.3. The van der Waals surface area contributed by atoms with Crippen LogP contribution in [0.5, 0.6) is 0 Å². The van der Waals surface area contributed by atoms with Crippen molar-refractivity contribution in [3.05, 3.63) is 0 Å². The predicted octanol–water partition coefficient (Wildman–Crippen LogP) is -2.15. The van der Waals surface area contributed by atoms with Crippen molar-refractivity contribution in [3.63, 3.8) is 0 Å². The van der Waals surface area contributed by atoms with E-state index in [1.54, 1.807) is 0 Å². The molecule has 0 aromatic rings. The minimum atomic E-state index is -3.13. The Hall–Kier alpha value is 0.0300. The van der Waals surface area contributed by atoms with Gasteiger partial charge in [-0.3, -0.25) is 4.57 Å². The van der Waals surface area contributed by atoms with Crippen LogP contribution >= 0.6 is 8.25 Å². The number of hydrogen-bond donors (Lipinski definition) is 5. The Bertz CT molecular complexity index is 84.7. The van der Waals surface area contributed by atoms with Crippen molar-refractivity contribution in [1.29, 1.82) is 0 Å². The second-order valence-corrected chi connectivity index (χ2v) is 2.18. The number of nitrogens with two attached hydrogens (primary N) is 2. The summed E-state index contributed by atoms with van der Waals surface area (Å²) < 4.78 is 8.74. The van der Waals surface area contributed by atoms with E-state index < -0.39 is 8.25 Å². The zero-order valence-electron chi connectivity index (χ0n) is 6.29. The topological polar surface area (TPSA) is 122 Å². The maximum Gasteiger partial charge on any atom is 0.314 e. The smallest absolute Gasteiger partial charge is 0.314 e. The second kappa shape index (κ2) is 12.7. The molecule has 0 atom stereocenters. The lowest BCUT2D eigenvalue weighted by atomic mass is 10.6. The summed E-state index contributed by atoms with van der Waals surface area (Å²) in [5, 5.41) is 3.03. The molecule has 70 valence electrons. The summed E-state index contributed by atoms with van der Waals surface area (Å²) in [5.74, 6) is 0. The van der Waals surface area contributed by atoms with Gasteiger partial charge in [0.05, 0.1) is 0 Å². The van der Waals surface area contributed by atoms with Crippen LogP contribution in [0.2, 0.25) is 0 Å². The van der Waals surface area contributed by atoms with E-state index in [0.717, 1.165) is 13.1 Å². The van der Waals surface area contributed by atoms with Crippen LogP contribution in [0.3, 0.4) is 0 Å². The van der Waals surface area contributed by atoms with E-state index in [2.05, 4.69) is 5.32 Å². The quantitative estimate of drug-likeness (QED) is 0.251. The van der Waals surface area contributed by atoms with Crippen LogP contribution in [-0.4, -0.2) is 36.0 Å². The van der Waals surface area contributed by atoms with Crippen molar-refractivity contribution < 1.29 is 14.4 Å². The minimum absolute atomic E-state index is 0.694. The summed E-state index contributed by atoms with van der Waals surface area (Å²) in [4.78, 5) is 14.3. The Morgan fingerprint density at radius 1 is 1.18 bits per heavy atom. The molecule has 0 saturated carbocycles. The first-order valence-corrected chi connectivity index (χ1v) is 4.48. The number of rotatable bonds is 4. The summed E-state index contributed by atoms with van der Waals surface area (Å²) in [6.45, 7) is 3.13. The minimum Gasteiger partial charge on any atom is -0.329 e. The monoisotopic (exact) mass is 185 g/mol. The fourth-order valence-corrected chi connectivity index (χ4v) is 0.329. The normalized spacial score (nSPS) is 9.18. The Morgan fingerprint density at radius 2 is 1.45 bits per heavy atom. The lowest BCUT2D eigenvalue weighted by molar-refractivity contribution is 0.405. The van der Waals surface area contributed by atoms with E-state index in [1.807, 2.05) is 0 Å². The molecule has 0 heterocycles. The molecular formula is C4H16N3O3P. The zero-order valence-corrected chi connectivity index (χ0v) is 7.29. The second-order valence-electron chi connectivity index (χ2n) is 1.61. The van der Waals surface area contributed by atoms with E-state index in [4.69, 9.17) is 25.8 Å². The van der Waals surface area contributed by atoms with Gasteiger partial charge < -0.3 is 26.6 Å². The highest BCUT2D eigenvalue weighted by atomic mass is 31.1. The van der Waals surface area contributed by atoms with Crippen LogP contribution in [-0.2, 0) is 4.57 Å². The summed E-state index contributed by atoms with van der Waals surface area (Å²) in [6, 6.07) is 0. The lowest BCUT2D eigenvalue weighted by Gasteiger charge is -1.95. The maximum atomic E-state index is 8.74. The van der Waals surface area contributed by atoms with E-state index in [-0.39, 0.29) is 0 Å². The molecule has 7 heteroatoms. The molecule has 0 rings (SSSR count). The number of nitrogens with one attached hydrogen (secondary N) is 1. The molecule has 0 bridgehead atoms. The van der Waals surface area contributed by atoms with Gasteiger partial charge in [-0.05, 0) is 0 Å². The fourth-order valence-electron chi connectivity index (χ4n) is 0.329. The van der Waals surface area contributed by atoms with Crippen molar-refractivity contribution in [1.82, 2.24) is 5.32 Å². The van der Waals surface area contributed by atoms with Crippen molar-refractivity contribution in [3.8, 4) is 0 Å². The van der Waals surface area contributed by atoms with Gasteiger partial charge in [-0.25, -0.2) is 0 Å². The van der Waals surface area contributed by atoms with E-state index in [9.17, 15) is 0 Å². The molecule has 0 unspecified atom stereocenters. The van der Waals surface area contributed by atoms with Gasteiger partial charge in [-0.15, -0.1) is 0 Å². The SMILES string of the molecule is NCCNCCN.O=[PH](O)O. The van der Waals surface area contributed by atoms with E-state index in [0.29, 0.717) is 13.1 Å². The van der Waals surface area contributed by atoms with Gasteiger partial charge in [0.1, 0.15) is 0 Å². The lowest BCUT2D eigenvalue weighted by Crippen LogP contribution is -2.27. The molecule has 0 radical (unpaired) electrons. The Labute approximate surface area is 66.5 Å². The van der Waals surface area contributed by atoms with Crippen LogP contribution in [0, 0.1) is 0 Å². The van der Waals surface area contributed by atoms with Crippen LogP contribution in [0.15, 0.2) is 0 Å². The van der Waals surface area contributed by atoms with Gasteiger partial charge in [0.2, 0.25) is 0 Å². The van der Waals surface area contributed by atoms with Crippen LogP contribution in [0.1, 0.15) is 0 Å². The van der Waals surface area contributed by atoms with E-state index >= 15 is 0 Å². The first-order valence-electron chi connectivity index (χ1n) is 3.17. The molecule has 0 spiro atoms. The molecular weight excluding hydrogens is 169 g/mol. The van der Waals surface area contributed by atoms with Gasteiger partial charge in [0, 0.05) is 26.2 Å². The molecule has 0 aliphatic carbocycles. The fraction of sp³-hybridized carbons (Fsp3) is 1.00. The summed E-state index contributed by atoms with van der Waals surface area (Å²) in [7, 11) is -3.13. The van der Waals surface area contributed by atoms with Crippen LogP contribution in [0.25, 0.3) is 0 Å². The van der Waals surface area contributed by atoms with Gasteiger partial charge in [-0.2, -0.15) is 0 Å². The molecule has 0 saturated heterocycles. The first kappa shape index (κ1) is 13.6. The third-order valence-corrected chi connectivity index (χ3v) is 0.642. The standard InChI is InChI=1S/C4H13N3.H3O3P/c5-1-3-7-4-2-6;1-4(2)3/h7H,1-6H2;4H,(H2,1,2,3). The van der Waals surface area contributed by atoms with E-state index in [1.165, 1.54) is 0 Å². The highest BCUT2D eigenvalue weighted by Gasteiger charge is 1.76. The van der Waals surface area contributed by atoms with Crippen molar-refractivity contribution in [2.45, 2.75) is 0 Å². The molecule has 0 amide bonds. The number of hydrogen-bond acceptors (Lipinski definition) is 4. The first-order chi connectivity index (χ1) is 5.15. The van der Waals surface area contributed by atoms with Crippen LogP contribution in [0.4, 0.5) is 0 Å². The molecule has 7 N–H and O–H groups in total. The van der Waals surface area contributed by atoms with Gasteiger partial charge in [0.25, 0.3) is 0 Å². The highest BCUT2D eigenvalue weighted by molar-refractivity contribution is 7.30. The zero-order chi connectivity index (χ0) is 9.11. The molecule has 0 aliphatic heterocycles. The molecule has 6 nitrogen and oxygen atoms in total. The molecule has 0 fully saturated rings. The van der Waals surface area contributed by atoms with Gasteiger partial charge in [-0.1, -0.05) is 0 Å². The van der Waals surface area contributed by atoms with Gasteiger partial charge in [0.15, 0.2) is 0 Å². The Kier molecular flexibility index (Phi) is 15.7. The average molecular weight is 185 g/mol. The van der Waals surface area contributed by atoms with Crippen molar-refractivity contribution >= 4 is 8.25 Å². The maximum absolute atomic E-state index is 8.74. The van der Waals surface area contributed by atoms with Crippen LogP contribution < -0.4 is 16.8 Å². The Morgan fingerprint density at radius 3 is 1.64 bits per heavy atom. The molecule has 0 aromatic heterocycles. The third-order valence-electron chi connectivity index (χ3n) is 0.642. The summed E-state index contributed by atoms with van der Waals surface area (Å²) in [6.07, 6.45) is 0. The summed E-state index contributed by atoms with van der Waals surface area (Å²) >= 11 is 0. The molecule has 0 aliphatic rings. The molecule has 0 aromatic carbocycles. The van der Waals surface area contributed by atoms with Crippen molar-refractivity contribution in [2.24, 2.45) is 11.5 Å². The Balaban J connectivity index is 0.